The molecule has 2 aromatic rings. The maximum absolute atomic E-state index is 12.5. The Morgan fingerprint density at radius 3 is 2.60 bits per heavy atom. The number of nitrogens with zero attached hydrogens (tertiary/aromatic N) is 2. The Labute approximate surface area is 114 Å². The molecule has 0 aliphatic heterocycles. The number of rotatable bonds is 2. The first-order valence-electron chi connectivity index (χ1n) is 5.19. The molecule has 0 radical (unpaired) electrons. The minimum absolute atomic E-state index is 0.190. The van der Waals surface area contributed by atoms with Gasteiger partial charge in [0.2, 0.25) is 0 Å². The lowest BCUT2D eigenvalue weighted by atomic mass is 10.2. The van der Waals surface area contributed by atoms with Gasteiger partial charge in [-0.2, -0.15) is 13.2 Å². The molecule has 2 aromatic heterocycles. The Kier molecular flexibility index (Phi) is 3.38. The number of pyridine rings is 1. The van der Waals surface area contributed by atoms with E-state index < -0.39 is 18.1 Å². The molecular weight excluding hydrogens is 297 g/mol. The van der Waals surface area contributed by atoms with Gasteiger partial charge in [-0.25, -0.2) is 9.78 Å². The molecule has 1 N–H and O–H groups in total. The highest BCUT2D eigenvalue weighted by atomic mass is 32.1. The van der Waals surface area contributed by atoms with E-state index in [9.17, 15) is 22.8 Å². The van der Waals surface area contributed by atoms with Crippen LogP contribution in [0.15, 0.2) is 18.3 Å². The number of aromatic carboxylic acids is 1. The lowest BCUT2D eigenvalue weighted by Crippen LogP contribution is -2.39. The van der Waals surface area contributed by atoms with Gasteiger partial charge in [0, 0.05) is 18.6 Å². The first-order valence-corrected chi connectivity index (χ1v) is 6.01. The molecule has 0 unspecified atom stereocenters. The Balaban J connectivity index is 2.66. The van der Waals surface area contributed by atoms with Crippen LogP contribution in [-0.4, -0.2) is 35.2 Å². The zero-order valence-electron chi connectivity index (χ0n) is 9.93. The average Bonchev–Trinajstić information content (AvgIpc) is 2.75. The van der Waals surface area contributed by atoms with Crippen molar-refractivity contribution in [3.63, 3.8) is 0 Å². The molecule has 5 nitrogen and oxygen atoms in total. The topological polar surface area (TPSA) is 70.5 Å². The summed E-state index contributed by atoms with van der Waals surface area (Å²) >= 11 is 0.716. The number of fused-ring (bicyclic) bond motifs is 1. The zero-order valence-corrected chi connectivity index (χ0v) is 10.7. The number of hydrogen-bond acceptors (Lipinski definition) is 4. The second kappa shape index (κ2) is 4.75. The van der Waals surface area contributed by atoms with E-state index in [1.165, 1.54) is 18.3 Å². The number of alkyl halides is 3. The third-order valence-corrected chi connectivity index (χ3v) is 3.61. The molecule has 0 aliphatic carbocycles. The molecule has 2 heterocycles. The fraction of sp³-hybridized carbons (Fsp3) is 0.182. The quantitative estimate of drug-likeness (QED) is 0.925. The molecule has 9 heteroatoms. The second-order valence-corrected chi connectivity index (χ2v) is 4.80. The van der Waals surface area contributed by atoms with Crippen LogP contribution in [0.5, 0.6) is 0 Å². The Morgan fingerprint density at radius 2 is 2.05 bits per heavy atom. The third-order valence-electron chi connectivity index (χ3n) is 2.52. The number of anilines is 1. The van der Waals surface area contributed by atoms with Crippen molar-refractivity contribution in [3.05, 3.63) is 23.2 Å². The molecule has 0 fully saturated rings. The van der Waals surface area contributed by atoms with Gasteiger partial charge in [0.1, 0.15) is 9.71 Å². The molecule has 0 aliphatic rings. The van der Waals surface area contributed by atoms with E-state index in [2.05, 4.69) is 4.98 Å². The monoisotopic (exact) mass is 304 g/mol. The van der Waals surface area contributed by atoms with E-state index in [0.29, 0.717) is 16.2 Å². The summed E-state index contributed by atoms with van der Waals surface area (Å²) in [6, 6.07) is 2.87. The highest BCUT2D eigenvalue weighted by Crippen LogP contribution is 2.38. The fourth-order valence-electron chi connectivity index (χ4n) is 1.69. The minimum atomic E-state index is -5.08. The van der Waals surface area contributed by atoms with Crippen molar-refractivity contribution in [2.75, 3.05) is 11.9 Å². The Hall–Kier alpha value is -2.16. The lowest BCUT2D eigenvalue weighted by Gasteiger charge is -2.18. The summed E-state index contributed by atoms with van der Waals surface area (Å²) in [7, 11) is 0.886. The van der Waals surface area contributed by atoms with Crippen molar-refractivity contribution in [3.8, 4) is 0 Å². The maximum Gasteiger partial charge on any atom is 0.471 e. The highest BCUT2D eigenvalue weighted by molar-refractivity contribution is 7.21. The number of carboxylic acids is 1. The number of carboxylic acid groups (broad SMARTS) is 1. The van der Waals surface area contributed by atoms with Gasteiger partial charge in [0.15, 0.2) is 0 Å². The Bertz CT molecular complexity index is 696. The number of amides is 1. The molecule has 0 spiro atoms. The van der Waals surface area contributed by atoms with Gasteiger partial charge < -0.3 is 10.0 Å². The normalized spacial score (nSPS) is 11.6. The summed E-state index contributed by atoms with van der Waals surface area (Å²) in [6.45, 7) is 0. The minimum Gasteiger partial charge on any atom is -0.477 e. The molecule has 2 rings (SSSR count). The van der Waals surface area contributed by atoms with Crippen LogP contribution in [0, 0.1) is 0 Å². The average molecular weight is 304 g/mol. The highest BCUT2D eigenvalue weighted by Gasteiger charge is 2.43. The van der Waals surface area contributed by atoms with E-state index in [-0.39, 0.29) is 20.8 Å². The predicted octanol–water partition coefficient (Wildman–Crippen LogP) is 2.52. The van der Waals surface area contributed by atoms with Crippen LogP contribution in [0.25, 0.3) is 10.2 Å². The number of hydrogen-bond donors (Lipinski definition) is 1. The molecule has 0 aromatic carbocycles. The summed E-state index contributed by atoms with van der Waals surface area (Å²) in [5, 5.41) is 9.25. The number of thiophene rings is 1. The van der Waals surface area contributed by atoms with Gasteiger partial charge in [-0.15, -0.1) is 11.3 Å². The van der Waals surface area contributed by atoms with Crippen LogP contribution in [0.1, 0.15) is 9.67 Å². The largest absolute Gasteiger partial charge is 0.477 e. The first-order chi connectivity index (χ1) is 9.23. The van der Waals surface area contributed by atoms with Crippen LogP contribution in [0.2, 0.25) is 0 Å². The summed E-state index contributed by atoms with van der Waals surface area (Å²) in [5.41, 5.74) is -0.298. The molecule has 106 valence electrons. The number of aromatic nitrogens is 1. The van der Waals surface area contributed by atoms with Gasteiger partial charge in [-0.05, 0) is 12.1 Å². The van der Waals surface area contributed by atoms with Gasteiger partial charge in [0.05, 0.1) is 5.69 Å². The van der Waals surface area contributed by atoms with Crippen molar-refractivity contribution in [2.24, 2.45) is 0 Å². The van der Waals surface area contributed by atoms with Crippen molar-refractivity contribution in [1.82, 2.24) is 4.98 Å². The van der Waals surface area contributed by atoms with Crippen LogP contribution >= 0.6 is 11.3 Å². The molecule has 0 saturated heterocycles. The van der Waals surface area contributed by atoms with E-state index >= 15 is 0 Å². The molecule has 20 heavy (non-hydrogen) atoms. The van der Waals surface area contributed by atoms with Gasteiger partial charge in [0.25, 0.3) is 0 Å². The molecule has 0 saturated carbocycles. The van der Waals surface area contributed by atoms with Gasteiger partial charge in [-0.3, -0.25) is 4.79 Å². The van der Waals surface area contributed by atoms with E-state index in [1.807, 2.05) is 0 Å². The number of halogens is 3. The fourth-order valence-corrected chi connectivity index (χ4v) is 2.70. The molecule has 1 amide bonds. The smallest absolute Gasteiger partial charge is 0.471 e. The van der Waals surface area contributed by atoms with Crippen molar-refractivity contribution in [1.29, 1.82) is 0 Å². The lowest BCUT2D eigenvalue weighted by molar-refractivity contribution is -0.170. The maximum atomic E-state index is 12.5. The van der Waals surface area contributed by atoms with Crippen molar-refractivity contribution < 1.29 is 27.9 Å². The summed E-state index contributed by atoms with van der Waals surface area (Å²) < 4.78 is 37.4. The second-order valence-electron chi connectivity index (χ2n) is 3.80. The standard InChI is InChI=1S/C11H7F3N2O3S/c1-16(10(19)11(12,13)14)6-5-3-2-4-15-8(5)20-7(6)9(17)18/h2-4H,1H3,(H,17,18). The van der Waals surface area contributed by atoms with Crippen LogP contribution in [0.4, 0.5) is 18.9 Å². The summed E-state index contributed by atoms with van der Waals surface area (Å²) in [5.74, 6) is -3.55. The molecular formula is C11H7F3N2O3S. The zero-order chi connectivity index (χ0) is 15.1. The molecule has 0 atom stereocenters. The van der Waals surface area contributed by atoms with Crippen LogP contribution < -0.4 is 4.90 Å². The summed E-state index contributed by atoms with van der Waals surface area (Å²) in [4.78, 5) is 26.5. The van der Waals surface area contributed by atoms with Crippen LogP contribution in [-0.2, 0) is 4.79 Å². The van der Waals surface area contributed by atoms with E-state index in [4.69, 9.17) is 5.11 Å². The third kappa shape index (κ3) is 2.31. The van der Waals surface area contributed by atoms with E-state index in [1.54, 1.807) is 0 Å². The number of carbonyl (C=O) groups is 2. The van der Waals surface area contributed by atoms with Gasteiger partial charge in [-0.1, -0.05) is 0 Å². The van der Waals surface area contributed by atoms with Crippen molar-refractivity contribution in [2.45, 2.75) is 6.18 Å². The predicted molar refractivity (Wildman–Crippen MR) is 66.0 cm³/mol. The SMILES string of the molecule is CN(C(=O)C(F)(F)F)c1c(C(=O)O)sc2ncccc12. The van der Waals surface area contributed by atoms with Crippen LogP contribution in [0.3, 0.4) is 0 Å². The molecule has 0 bridgehead atoms. The first kappa shape index (κ1) is 14.3. The van der Waals surface area contributed by atoms with Crippen molar-refractivity contribution >= 4 is 39.1 Å². The number of carbonyl (C=O) groups excluding carboxylic acids is 1. The van der Waals surface area contributed by atoms with Gasteiger partial charge >= 0.3 is 18.1 Å². The summed E-state index contributed by atoms with van der Waals surface area (Å²) in [6.07, 6.45) is -3.69. The Morgan fingerprint density at radius 1 is 1.40 bits per heavy atom. The van der Waals surface area contributed by atoms with E-state index in [0.717, 1.165) is 7.05 Å².